The van der Waals surface area contributed by atoms with E-state index in [1.165, 1.54) is 0 Å². The van der Waals surface area contributed by atoms with E-state index >= 15 is 0 Å². The molecule has 1 heterocycles. The molecule has 129 valence electrons. The van der Waals surface area contributed by atoms with Crippen molar-refractivity contribution < 1.29 is 103 Å². The van der Waals surface area contributed by atoms with Crippen LogP contribution >= 0.6 is 0 Å². The molecule has 1 aliphatic rings. The van der Waals surface area contributed by atoms with E-state index in [9.17, 15) is 0 Å². The maximum atomic E-state index is 5.33. The predicted molar refractivity (Wildman–Crippen MR) is 64.9 cm³/mol. The number of hydrogen-bond donors (Lipinski definition) is 0. The maximum Gasteiger partial charge on any atom is 2.00 e. The molecule has 0 bridgehead atoms. The van der Waals surface area contributed by atoms with Crippen molar-refractivity contribution in [3.63, 3.8) is 0 Å². The van der Waals surface area contributed by atoms with Crippen LogP contribution in [0.5, 0.6) is 0 Å². The molecule has 1 radical (unpaired) electrons. The summed E-state index contributed by atoms with van der Waals surface area (Å²) in [4.78, 5) is 0. The van der Waals surface area contributed by atoms with Crippen molar-refractivity contribution in [3.05, 3.63) is 0 Å². The van der Waals surface area contributed by atoms with E-state index in [0.717, 1.165) is 0 Å². The van der Waals surface area contributed by atoms with E-state index in [1.54, 1.807) is 0 Å². The average Bonchev–Trinajstić information content (AvgIpc) is 2.39. The maximum absolute atomic E-state index is 5.33. The third-order valence-corrected chi connectivity index (χ3v) is 2.23. The van der Waals surface area contributed by atoms with Crippen LogP contribution in [-0.2, 0) is 28.4 Å². The van der Waals surface area contributed by atoms with Gasteiger partial charge in [0.1, 0.15) is 0 Å². The number of hydrogen-bond acceptors (Lipinski definition) is 6. The van der Waals surface area contributed by atoms with Crippen LogP contribution in [0, 0.1) is 49.4 Å². The van der Waals surface area contributed by atoms with Gasteiger partial charge in [0.2, 0.25) is 0 Å². The van der Waals surface area contributed by atoms with Gasteiger partial charge < -0.3 is 53.2 Å². The zero-order valence-corrected chi connectivity index (χ0v) is 16.0. The first-order valence-corrected chi connectivity index (χ1v) is 6.46. The van der Waals surface area contributed by atoms with Gasteiger partial charge in [0, 0.05) is 0 Å². The monoisotopic (exact) mass is 487 g/mol. The summed E-state index contributed by atoms with van der Waals surface area (Å²) in [5, 5.41) is 0. The zero-order chi connectivity index (χ0) is 12.7. The second kappa shape index (κ2) is 24.2. The molecule has 0 amide bonds. The van der Waals surface area contributed by atoms with Gasteiger partial charge in [-0.25, -0.2) is 0 Å². The number of rotatable bonds is 0. The summed E-state index contributed by atoms with van der Waals surface area (Å²) in [5.74, 6) is 0. The van der Waals surface area contributed by atoms with Crippen LogP contribution in [0.25, 0.3) is 0 Å². The van der Waals surface area contributed by atoms with Crippen LogP contribution in [0.2, 0.25) is 0 Å². The van der Waals surface area contributed by atoms with Crippen LogP contribution in [0.4, 0.5) is 0 Å². The van der Waals surface area contributed by atoms with Gasteiger partial charge in [-0.1, -0.05) is 0 Å². The van der Waals surface area contributed by atoms with Crippen molar-refractivity contribution in [1.82, 2.24) is 0 Å². The van der Waals surface area contributed by atoms with E-state index in [0.29, 0.717) is 79.3 Å². The quantitative estimate of drug-likeness (QED) is 0.340. The Bertz CT molecular complexity index is 107. The van der Waals surface area contributed by atoms with Crippen LogP contribution in [0.15, 0.2) is 0 Å². The third-order valence-electron chi connectivity index (χ3n) is 2.23. The van der Waals surface area contributed by atoms with Crippen LogP contribution in [0.3, 0.4) is 0 Å². The second-order valence-corrected chi connectivity index (χ2v) is 3.67. The minimum atomic E-state index is 0. The SMILES string of the molecule is C1COCCOCCOCCOCCOCCO1.[Cl-].[Cl-].[Eu+2]. The van der Waals surface area contributed by atoms with Gasteiger partial charge in [0.05, 0.1) is 79.3 Å². The van der Waals surface area contributed by atoms with Crippen molar-refractivity contribution >= 4 is 0 Å². The van der Waals surface area contributed by atoms with Gasteiger partial charge in [-0.15, -0.1) is 0 Å². The second-order valence-electron chi connectivity index (χ2n) is 3.67. The van der Waals surface area contributed by atoms with Gasteiger partial charge in [-0.3, -0.25) is 0 Å². The summed E-state index contributed by atoms with van der Waals surface area (Å²) >= 11 is 0. The van der Waals surface area contributed by atoms with Gasteiger partial charge in [-0.05, 0) is 0 Å². The summed E-state index contributed by atoms with van der Waals surface area (Å²) < 4.78 is 32.0. The molecule has 1 aliphatic heterocycles. The fourth-order valence-electron chi connectivity index (χ4n) is 1.32. The molecule has 0 unspecified atom stereocenters. The van der Waals surface area contributed by atoms with Crippen molar-refractivity contribution in [1.29, 1.82) is 0 Å². The van der Waals surface area contributed by atoms with Crippen LogP contribution in [0.1, 0.15) is 0 Å². The molecule has 0 atom stereocenters. The Morgan fingerprint density at radius 2 is 0.381 bits per heavy atom. The Hall–Kier alpha value is 1.92. The Morgan fingerprint density at radius 3 is 0.476 bits per heavy atom. The standard InChI is InChI=1S/C12H24O6.2ClH.Eu/c1-2-14-5-6-16-9-10-18-12-11-17-8-7-15-4-3-13-1;;;/h1-12H2;2*1H;/q;;;+2/p-2. The van der Waals surface area contributed by atoms with E-state index < -0.39 is 0 Å². The molecule has 6 nitrogen and oxygen atoms in total. The summed E-state index contributed by atoms with van der Waals surface area (Å²) in [6.07, 6.45) is 0. The summed E-state index contributed by atoms with van der Waals surface area (Å²) in [6, 6.07) is 0. The Morgan fingerprint density at radius 1 is 0.286 bits per heavy atom. The first kappa shape index (κ1) is 27.8. The molecule has 0 saturated carbocycles. The van der Waals surface area contributed by atoms with Crippen molar-refractivity contribution in [2.45, 2.75) is 0 Å². The average molecular weight is 487 g/mol. The van der Waals surface area contributed by atoms with Crippen molar-refractivity contribution in [2.75, 3.05) is 79.3 Å². The number of ether oxygens (including phenoxy) is 6. The Labute approximate surface area is 180 Å². The molecule has 1 rings (SSSR count). The van der Waals surface area contributed by atoms with Gasteiger partial charge in [-0.2, -0.15) is 0 Å². The molecule has 0 aromatic heterocycles. The molecule has 9 heteroatoms. The van der Waals surface area contributed by atoms with E-state index in [1.807, 2.05) is 0 Å². The van der Waals surface area contributed by atoms with Crippen molar-refractivity contribution in [3.8, 4) is 0 Å². The Balaban J connectivity index is -0.00000108. The summed E-state index contributed by atoms with van der Waals surface area (Å²) in [5.41, 5.74) is 0. The zero-order valence-electron chi connectivity index (χ0n) is 12.1. The number of halogens is 2. The largest absolute Gasteiger partial charge is 2.00 e. The Kier molecular flexibility index (Phi) is 32.0. The van der Waals surface area contributed by atoms with Gasteiger partial charge in [0.15, 0.2) is 0 Å². The normalized spacial score (nSPS) is 20.6. The van der Waals surface area contributed by atoms with E-state index in [-0.39, 0.29) is 74.2 Å². The molecule has 1 saturated heterocycles. The topological polar surface area (TPSA) is 55.4 Å². The molecule has 0 aromatic carbocycles. The first-order chi connectivity index (χ1) is 9.00. The van der Waals surface area contributed by atoms with Gasteiger partial charge in [0.25, 0.3) is 0 Å². The minimum absolute atomic E-state index is 0. The first-order valence-electron chi connectivity index (χ1n) is 6.46. The molecule has 0 spiro atoms. The molecule has 21 heavy (non-hydrogen) atoms. The fourth-order valence-corrected chi connectivity index (χ4v) is 1.32. The molecule has 0 N–H and O–H groups in total. The molecule has 1 fully saturated rings. The summed E-state index contributed by atoms with van der Waals surface area (Å²) in [7, 11) is 0. The molecule has 0 aromatic rings. The minimum Gasteiger partial charge on any atom is -1.00 e. The fraction of sp³-hybridized carbons (Fsp3) is 1.00. The smallest absolute Gasteiger partial charge is 1.00 e. The molecular formula is C12H24Cl2EuO6. The third kappa shape index (κ3) is 21.9. The van der Waals surface area contributed by atoms with Crippen LogP contribution in [-0.4, -0.2) is 79.3 Å². The van der Waals surface area contributed by atoms with Gasteiger partial charge >= 0.3 is 49.4 Å². The van der Waals surface area contributed by atoms with E-state index in [2.05, 4.69) is 0 Å². The predicted octanol–water partition coefficient (Wildman–Crippen LogP) is -5.89. The molecular weight excluding hydrogens is 463 g/mol. The summed E-state index contributed by atoms with van der Waals surface area (Å²) in [6.45, 7) is 7.04. The molecule has 0 aliphatic carbocycles. The van der Waals surface area contributed by atoms with Crippen molar-refractivity contribution in [2.24, 2.45) is 0 Å². The van der Waals surface area contributed by atoms with E-state index in [4.69, 9.17) is 28.4 Å². The van der Waals surface area contributed by atoms with Crippen LogP contribution < -0.4 is 24.8 Å².